The summed E-state index contributed by atoms with van der Waals surface area (Å²) in [4.78, 5) is 16.3. The van der Waals surface area contributed by atoms with Crippen molar-refractivity contribution in [2.24, 2.45) is 7.05 Å². The van der Waals surface area contributed by atoms with Gasteiger partial charge in [-0.1, -0.05) is 35.9 Å². The van der Waals surface area contributed by atoms with Crippen LogP contribution in [0.4, 0.5) is 0 Å². The number of carbonyl (C=O) groups is 1. The zero-order chi connectivity index (χ0) is 16.2. The van der Waals surface area contributed by atoms with Gasteiger partial charge in [-0.15, -0.1) is 0 Å². The van der Waals surface area contributed by atoms with E-state index in [-0.39, 0.29) is 5.91 Å². The molecule has 2 aromatic carbocycles. The molecule has 0 bridgehead atoms. The van der Waals surface area contributed by atoms with Gasteiger partial charge in [0.15, 0.2) is 0 Å². The van der Waals surface area contributed by atoms with Crippen molar-refractivity contribution in [3.05, 3.63) is 65.5 Å². The highest BCUT2D eigenvalue weighted by Crippen LogP contribution is 2.14. The van der Waals surface area contributed by atoms with E-state index in [1.165, 1.54) is 11.1 Å². The fraction of sp³-hybridized carbons (Fsp3) is 0.263. The summed E-state index contributed by atoms with van der Waals surface area (Å²) >= 11 is 0. The van der Waals surface area contributed by atoms with Gasteiger partial charge in [-0.3, -0.25) is 4.79 Å². The molecule has 0 radical (unpaired) electrons. The Bertz CT molecular complexity index is 818. The van der Waals surface area contributed by atoms with Gasteiger partial charge < -0.3 is 9.88 Å². The number of fused-ring (bicyclic) bond motifs is 1. The lowest BCUT2D eigenvalue weighted by Crippen LogP contribution is -2.27. The molecule has 1 amide bonds. The number of rotatable bonds is 5. The van der Waals surface area contributed by atoms with Crippen molar-refractivity contribution in [3.63, 3.8) is 0 Å². The molecular formula is C19H21N3O. The van der Waals surface area contributed by atoms with E-state index in [0.29, 0.717) is 13.0 Å². The molecule has 1 aromatic heterocycles. The van der Waals surface area contributed by atoms with Gasteiger partial charge in [-0.2, -0.15) is 0 Å². The molecule has 1 N–H and O–H groups in total. The lowest BCUT2D eigenvalue weighted by molar-refractivity contribution is -0.120. The van der Waals surface area contributed by atoms with E-state index in [1.54, 1.807) is 0 Å². The molecule has 0 unspecified atom stereocenters. The van der Waals surface area contributed by atoms with Gasteiger partial charge in [0.2, 0.25) is 5.91 Å². The highest BCUT2D eigenvalue weighted by Gasteiger charge is 2.04. The van der Waals surface area contributed by atoms with Gasteiger partial charge >= 0.3 is 0 Å². The van der Waals surface area contributed by atoms with Crippen LogP contribution in [0.1, 0.15) is 16.7 Å². The number of carbonyl (C=O) groups excluding carboxylic acids is 1. The van der Waals surface area contributed by atoms with Crippen LogP contribution >= 0.6 is 0 Å². The number of hydrogen-bond acceptors (Lipinski definition) is 2. The third kappa shape index (κ3) is 3.77. The highest BCUT2D eigenvalue weighted by atomic mass is 16.1. The molecule has 3 rings (SSSR count). The minimum Gasteiger partial charge on any atom is -0.355 e. The van der Waals surface area contributed by atoms with Gasteiger partial charge in [0.05, 0.1) is 23.8 Å². The van der Waals surface area contributed by atoms with E-state index in [4.69, 9.17) is 0 Å². The Morgan fingerprint density at radius 3 is 2.65 bits per heavy atom. The average molecular weight is 307 g/mol. The van der Waals surface area contributed by atoms with E-state index in [1.807, 2.05) is 49.1 Å². The van der Waals surface area contributed by atoms with Crippen LogP contribution in [0.3, 0.4) is 0 Å². The van der Waals surface area contributed by atoms with Crippen LogP contribution in [0.25, 0.3) is 11.0 Å². The van der Waals surface area contributed by atoms with Gasteiger partial charge in [0, 0.05) is 13.6 Å². The molecule has 3 aromatic rings. The standard InChI is InChI=1S/C19H21N3O/c1-14-3-5-15(6-4-14)12-19(23)20-10-9-16-7-8-18-17(11-16)21-13-22(18)2/h3-8,11,13H,9-10,12H2,1-2H3,(H,20,23). The third-order valence-corrected chi connectivity index (χ3v) is 4.01. The monoisotopic (exact) mass is 307 g/mol. The molecule has 0 spiro atoms. The largest absolute Gasteiger partial charge is 0.355 e. The highest BCUT2D eigenvalue weighted by molar-refractivity contribution is 5.78. The summed E-state index contributed by atoms with van der Waals surface area (Å²) in [6, 6.07) is 14.3. The van der Waals surface area contributed by atoms with E-state index in [0.717, 1.165) is 23.0 Å². The molecule has 0 atom stereocenters. The molecule has 4 nitrogen and oxygen atoms in total. The number of aromatic nitrogens is 2. The van der Waals surface area contributed by atoms with Crippen LogP contribution in [0.2, 0.25) is 0 Å². The zero-order valence-electron chi connectivity index (χ0n) is 13.5. The van der Waals surface area contributed by atoms with Gasteiger partial charge in [-0.25, -0.2) is 4.98 Å². The molecule has 1 heterocycles. The summed E-state index contributed by atoms with van der Waals surface area (Å²) in [6.07, 6.45) is 3.06. The lowest BCUT2D eigenvalue weighted by Gasteiger charge is -2.06. The second-order valence-electron chi connectivity index (χ2n) is 5.94. The van der Waals surface area contributed by atoms with Gasteiger partial charge in [0.1, 0.15) is 0 Å². The van der Waals surface area contributed by atoms with E-state index >= 15 is 0 Å². The smallest absolute Gasteiger partial charge is 0.224 e. The number of hydrogen-bond donors (Lipinski definition) is 1. The minimum atomic E-state index is 0.0627. The Hall–Kier alpha value is -2.62. The first kappa shape index (κ1) is 15.3. The SMILES string of the molecule is Cc1ccc(CC(=O)NCCc2ccc3c(c2)ncn3C)cc1. The van der Waals surface area contributed by atoms with E-state index in [9.17, 15) is 4.79 Å². The summed E-state index contributed by atoms with van der Waals surface area (Å²) in [5, 5.41) is 2.98. The summed E-state index contributed by atoms with van der Waals surface area (Å²) in [5.74, 6) is 0.0627. The van der Waals surface area contributed by atoms with Crippen molar-refractivity contribution in [2.45, 2.75) is 19.8 Å². The summed E-state index contributed by atoms with van der Waals surface area (Å²) in [6.45, 7) is 2.69. The van der Waals surface area contributed by atoms with Crippen molar-refractivity contribution in [1.29, 1.82) is 0 Å². The number of amides is 1. The van der Waals surface area contributed by atoms with Crippen molar-refractivity contribution in [2.75, 3.05) is 6.54 Å². The normalized spacial score (nSPS) is 10.9. The summed E-state index contributed by atoms with van der Waals surface area (Å²) in [7, 11) is 1.99. The quantitative estimate of drug-likeness (QED) is 0.788. The first-order valence-corrected chi connectivity index (χ1v) is 7.84. The Morgan fingerprint density at radius 2 is 1.87 bits per heavy atom. The Morgan fingerprint density at radius 1 is 1.13 bits per heavy atom. The predicted octanol–water partition coefficient (Wildman–Crippen LogP) is 2.78. The number of nitrogens with zero attached hydrogens (tertiary/aromatic N) is 2. The molecule has 0 aliphatic carbocycles. The van der Waals surface area contributed by atoms with Crippen LogP contribution < -0.4 is 5.32 Å². The van der Waals surface area contributed by atoms with Crippen LogP contribution in [-0.2, 0) is 24.7 Å². The van der Waals surface area contributed by atoms with E-state index < -0.39 is 0 Å². The molecule has 0 aliphatic heterocycles. The molecule has 0 fully saturated rings. The molecule has 4 heteroatoms. The summed E-state index contributed by atoms with van der Waals surface area (Å²) in [5.41, 5.74) is 5.56. The Kier molecular flexibility index (Phi) is 4.42. The third-order valence-electron chi connectivity index (χ3n) is 4.01. The molecule has 0 saturated carbocycles. The molecule has 0 saturated heterocycles. The van der Waals surface area contributed by atoms with Crippen molar-refractivity contribution in [3.8, 4) is 0 Å². The molecule has 23 heavy (non-hydrogen) atoms. The lowest BCUT2D eigenvalue weighted by atomic mass is 10.1. The summed E-state index contributed by atoms with van der Waals surface area (Å²) < 4.78 is 2.00. The second kappa shape index (κ2) is 6.65. The van der Waals surface area contributed by atoms with Crippen LogP contribution in [0.5, 0.6) is 0 Å². The van der Waals surface area contributed by atoms with Crippen LogP contribution in [0.15, 0.2) is 48.8 Å². The fourth-order valence-corrected chi connectivity index (χ4v) is 2.64. The molecule has 118 valence electrons. The maximum atomic E-state index is 12.0. The van der Waals surface area contributed by atoms with Crippen LogP contribution in [0, 0.1) is 6.92 Å². The predicted molar refractivity (Wildman–Crippen MR) is 92.3 cm³/mol. The van der Waals surface area contributed by atoms with Crippen molar-refractivity contribution < 1.29 is 4.79 Å². The number of benzene rings is 2. The minimum absolute atomic E-state index is 0.0627. The first-order valence-electron chi connectivity index (χ1n) is 7.84. The van der Waals surface area contributed by atoms with E-state index in [2.05, 4.69) is 28.5 Å². The number of imidazole rings is 1. The fourth-order valence-electron chi connectivity index (χ4n) is 2.64. The van der Waals surface area contributed by atoms with Gasteiger partial charge in [-0.05, 0) is 36.6 Å². The molecular weight excluding hydrogens is 286 g/mol. The second-order valence-corrected chi connectivity index (χ2v) is 5.94. The average Bonchev–Trinajstić information content (AvgIpc) is 2.90. The Balaban J connectivity index is 1.51. The maximum absolute atomic E-state index is 12.0. The topological polar surface area (TPSA) is 46.9 Å². The number of aryl methyl sites for hydroxylation is 2. The Labute approximate surface area is 136 Å². The van der Waals surface area contributed by atoms with Gasteiger partial charge in [0.25, 0.3) is 0 Å². The first-order chi connectivity index (χ1) is 11.1. The van der Waals surface area contributed by atoms with Crippen LogP contribution in [-0.4, -0.2) is 22.0 Å². The zero-order valence-corrected chi connectivity index (χ0v) is 13.5. The molecule has 0 aliphatic rings. The van der Waals surface area contributed by atoms with Crippen molar-refractivity contribution in [1.82, 2.24) is 14.9 Å². The van der Waals surface area contributed by atoms with Crippen molar-refractivity contribution >= 4 is 16.9 Å². The maximum Gasteiger partial charge on any atom is 0.224 e. The number of nitrogens with one attached hydrogen (secondary N) is 1.